The van der Waals surface area contributed by atoms with Crippen molar-refractivity contribution in [3.63, 3.8) is 0 Å². The maximum Gasteiger partial charge on any atom is 0.346 e. The minimum absolute atomic E-state index is 0.0391. The van der Waals surface area contributed by atoms with E-state index in [9.17, 15) is 28.8 Å². The van der Waals surface area contributed by atoms with E-state index >= 15 is 0 Å². The molecule has 1 heterocycles. The molecular weight excluding hydrogens is 674 g/mol. The summed E-state index contributed by atoms with van der Waals surface area (Å²) in [6, 6.07) is -0.159. The standard InChI is InChI=1S/C10H16O3.C9H14O3.C8H11NO2.C8H15NO2.C2H6.CH5NO/c1-3-13-9(12)10(2)7-5-4-6-8(10)11;1-2-12-9(11)7-5-3-4-6-8(7)10;1-8-5-3-2-4-6(8)9-11-7(8)10;1-8(7(10)11)5-3-2-4-6(8)9;1-2;1-2-3/h3-7H2,1-2H3;7H,2-6H2,1H3;2-5H2,1H3;6H,2-5,9H2,1H3,(H,10,11);1-2H3;2-3H,1H3/t;;;6-,8+;;/m...0../s1. The zero-order valence-corrected chi connectivity index (χ0v) is 33.0. The van der Waals surface area contributed by atoms with Crippen LogP contribution in [0.4, 0.5) is 0 Å². The largest absolute Gasteiger partial charge is 0.481 e. The monoisotopic (exact) mass is 741 g/mol. The highest BCUT2D eigenvalue weighted by atomic mass is 16.7. The minimum Gasteiger partial charge on any atom is -0.481 e. The number of oxime groups is 1. The van der Waals surface area contributed by atoms with Gasteiger partial charge in [0, 0.05) is 25.9 Å². The number of rotatable bonds is 5. The molecule has 0 aromatic rings. The molecule has 0 bridgehead atoms. The number of fused-ring (bicyclic) bond motifs is 1. The van der Waals surface area contributed by atoms with Crippen molar-refractivity contribution in [2.24, 2.45) is 33.1 Å². The van der Waals surface area contributed by atoms with Crippen LogP contribution >= 0.6 is 0 Å². The number of carboxylic acids is 1. The van der Waals surface area contributed by atoms with Crippen LogP contribution in [0.1, 0.15) is 151 Å². The fourth-order valence-electron chi connectivity index (χ4n) is 6.54. The van der Waals surface area contributed by atoms with Gasteiger partial charge in [-0.3, -0.25) is 24.0 Å². The lowest BCUT2D eigenvalue weighted by Crippen LogP contribution is -2.47. The molecule has 5 aliphatic rings. The lowest BCUT2D eigenvalue weighted by molar-refractivity contribution is -0.161. The molecule has 0 aromatic carbocycles. The van der Waals surface area contributed by atoms with Gasteiger partial charge in [-0.1, -0.05) is 51.1 Å². The SMILES string of the molecule is CC.CC12CCCCC1=NOC2=O.CCOC(=O)C1(C)CCCCC1=O.CCOC(=O)C1CCCCC1=O.CNO.C[C@@]1(C(=O)O)CCCC[C@@H]1N. The molecule has 14 nitrogen and oxygen atoms in total. The van der Waals surface area contributed by atoms with Crippen molar-refractivity contribution in [1.29, 1.82) is 0 Å². The number of ketones is 2. The highest BCUT2D eigenvalue weighted by Crippen LogP contribution is 2.38. The number of hydroxylamine groups is 1. The number of ether oxygens (including phenoxy) is 2. The summed E-state index contributed by atoms with van der Waals surface area (Å²) in [5, 5.41) is 20.0. The number of nitrogens with one attached hydrogen (secondary N) is 1. The van der Waals surface area contributed by atoms with Gasteiger partial charge in [0.2, 0.25) is 0 Å². The van der Waals surface area contributed by atoms with Gasteiger partial charge >= 0.3 is 23.9 Å². The fourth-order valence-corrected chi connectivity index (χ4v) is 6.54. The molecule has 4 aliphatic carbocycles. The summed E-state index contributed by atoms with van der Waals surface area (Å²) < 4.78 is 9.69. The molecular formula is C38H67N3O11. The minimum atomic E-state index is -0.853. The van der Waals surface area contributed by atoms with E-state index < -0.39 is 22.7 Å². The van der Waals surface area contributed by atoms with Gasteiger partial charge in [-0.25, -0.2) is 10.3 Å². The molecule has 0 spiro atoms. The second-order valence-electron chi connectivity index (χ2n) is 14.0. The first kappa shape index (κ1) is 48.8. The summed E-state index contributed by atoms with van der Waals surface area (Å²) in [4.78, 5) is 72.0. The first-order chi connectivity index (χ1) is 24.6. The summed E-state index contributed by atoms with van der Waals surface area (Å²) in [5.74, 6) is -1.95. The summed E-state index contributed by atoms with van der Waals surface area (Å²) in [6.07, 6.45) is 13.9. The number of carbonyl (C=O) groups is 6. The summed E-state index contributed by atoms with van der Waals surface area (Å²) in [5.41, 5.74) is 6.55. The Labute approximate surface area is 310 Å². The Morgan fingerprint density at radius 2 is 1.38 bits per heavy atom. The molecule has 0 saturated heterocycles. The number of carbonyl (C=O) groups excluding carboxylic acids is 5. The van der Waals surface area contributed by atoms with Crippen molar-refractivity contribution >= 4 is 41.2 Å². The maximum absolute atomic E-state index is 11.5. The molecule has 300 valence electrons. The Morgan fingerprint density at radius 3 is 1.88 bits per heavy atom. The molecule has 4 saturated carbocycles. The molecule has 0 aromatic heterocycles. The quantitative estimate of drug-likeness (QED) is 0.109. The van der Waals surface area contributed by atoms with Crippen LogP contribution in [-0.4, -0.2) is 77.8 Å². The van der Waals surface area contributed by atoms with Gasteiger partial charge in [-0.15, -0.1) is 0 Å². The lowest BCUT2D eigenvalue weighted by Gasteiger charge is -2.35. The molecule has 14 heteroatoms. The number of aliphatic carboxylic acids is 1. The summed E-state index contributed by atoms with van der Waals surface area (Å²) in [7, 11) is 1.43. The topological polar surface area (TPSA) is 221 Å². The van der Waals surface area contributed by atoms with Gasteiger partial charge in [0.05, 0.1) is 24.3 Å². The molecule has 5 N–H and O–H groups in total. The van der Waals surface area contributed by atoms with Gasteiger partial charge in [0.25, 0.3) is 0 Å². The second kappa shape index (κ2) is 24.9. The molecule has 5 rings (SSSR count). The van der Waals surface area contributed by atoms with E-state index in [1.807, 2.05) is 20.8 Å². The van der Waals surface area contributed by atoms with Crippen molar-refractivity contribution < 1.29 is 53.4 Å². The van der Waals surface area contributed by atoms with E-state index in [0.717, 1.165) is 82.8 Å². The Bertz CT molecular complexity index is 1190. The number of carboxylic acid groups (broad SMARTS) is 1. The van der Waals surface area contributed by atoms with E-state index in [2.05, 4.69) is 9.99 Å². The molecule has 4 fully saturated rings. The van der Waals surface area contributed by atoms with Gasteiger partial charge < -0.3 is 30.4 Å². The Hall–Kier alpha value is -3.23. The van der Waals surface area contributed by atoms with Crippen LogP contribution in [0.3, 0.4) is 0 Å². The maximum atomic E-state index is 11.5. The van der Waals surface area contributed by atoms with Crippen LogP contribution in [0.2, 0.25) is 0 Å². The predicted octanol–water partition coefficient (Wildman–Crippen LogP) is 6.09. The zero-order chi connectivity index (χ0) is 40.0. The highest BCUT2D eigenvalue weighted by molar-refractivity contribution is 6.09. The molecule has 0 radical (unpaired) electrons. The predicted molar refractivity (Wildman–Crippen MR) is 196 cm³/mol. The third-order valence-corrected chi connectivity index (χ3v) is 10.2. The van der Waals surface area contributed by atoms with Crippen molar-refractivity contribution in [2.75, 3.05) is 20.3 Å². The number of Topliss-reactive ketones (excluding diaryl/α,β-unsaturated/α-hetero) is 2. The highest BCUT2D eigenvalue weighted by Gasteiger charge is 2.46. The first-order valence-electron chi connectivity index (χ1n) is 19.1. The normalized spacial score (nSPS) is 28.9. The number of hydrogen-bond acceptors (Lipinski definition) is 13. The van der Waals surface area contributed by atoms with Crippen molar-refractivity contribution in [3.8, 4) is 0 Å². The van der Waals surface area contributed by atoms with Crippen molar-refractivity contribution in [1.82, 2.24) is 5.48 Å². The zero-order valence-electron chi connectivity index (χ0n) is 33.0. The van der Waals surface area contributed by atoms with Crippen LogP contribution in [0, 0.1) is 22.2 Å². The van der Waals surface area contributed by atoms with Gasteiger partial charge in [-0.05, 0) is 92.4 Å². The Morgan fingerprint density at radius 1 is 0.846 bits per heavy atom. The number of hydrogen-bond donors (Lipinski definition) is 4. The van der Waals surface area contributed by atoms with Crippen LogP contribution in [-0.2, 0) is 43.1 Å². The van der Waals surface area contributed by atoms with Crippen LogP contribution in [0.25, 0.3) is 0 Å². The van der Waals surface area contributed by atoms with E-state index in [0.29, 0.717) is 38.9 Å². The summed E-state index contributed by atoms with van der Waals surface area (Å²) in [6.45, 7) is 13.6. The third-order valence-electron chi connectivity index (χ3n) is 10.2. The lowest BCUT2D eigenvalue weighted by atomic mass is 9.72. The van der Waals surface area contributed by atoms with Crippen molar-refractivity contribution in [2.45, 2.75) is 157 Å². The van der Waals surface area contributed by atoms with Crippen LogP contribution < -0.4 is 11.2 Å². The van der Waals surface area contributed by atoms with E-state index in [1.54, 1.807) is 33.2 Å². The van der Waals surface area contributed by atoms with Crippen molar-refractivity contribution in [3.05, 3.63) is 0 Å². The van der Waals surface area contributed by atoms with Gasteiger partial charge in [0.1, 0.15) is 28.3 Å². The first-order valence-corrected chi connectivity index (χ1v) is 19.1. The summed E-state index contributed by atoms with van der Waals surface area (Å²) >= 11 is 0. The fraction of sp³-hybridized carbons (Fsp3) is 0.816. The molecule has 0 amide bonds. The Kier molecular flexibility index (Phi) is 23.4. The van der Waals surface area contributed by atoms with E-state index in [4.69, 9.17) is 25.5 Å². The third kappa shape index (κ3) is 14.3. The molecule has 3 unspecified atom stereocenters. The van der Waals surface area contributed by atoms with E-state index in [1.165, 1.54) is 7.05 Å². The Balaban J connectivity index is 0.000000640. The van der Waals surface area contributed by atoms with Gasteiger partial charge in [0.15, 0.2) is 0 Å². The molecule has 1 aliphatic heterocycles. The molecule has 5 atom stereocenters. The number of esters is 2. The second-order valence-corrected chi connectivity index (χ2v) is 14.0. The van der Waals surface area contributed by atoms with Gasteiger partial charge in [-0.2, -0.15) is 0 Å². The smallest absolute Gasteiger partial charge is 0.346 e. The van der Waals surface area contributed by atoms with Crippen LogP contribution in [0.5, 0.6) is 0 Å². The average molecular weight is 742 g/mol. The van der Waals surface area contributed by atoms with Crippen LogP contribution in [0.15, 0.2) is 5.16 Å². The number of nitrogens with zero attached hydrogens (tertiary/aromatic N) is 1. The van der Waals surface area contributed by atoms with E-state index in [-0.39, 0.29) is 40.9 Å². The molecule has 52 heavy (non-hydrogen) atoms. The number of nitrogens with two attached hydrogens (primary N) is 1. The average Bonchev–Trinajstić information content (AvgIpc) is 3.43.